The van der Waals surface area contributed by atoms with Crippen molar-refractivity contribution >= 4 is 33.5 Å². The van der Waals surface area contributed by atoms with Crippen molar-refractivity contribution in [2.24, 2.45) is 0 Å². The van der Waals surface area contributed by atoms with Gasteiger partial charge in [-0.15, -0.1) is 0 Å². The van der Waals surface area contributed by atoms with Crippen LogP contribution < -0.4 is 10.9 Å². The number of carboxylic acids is 1. The fraction of sp³-hybridized carbons (Fsp3) is 0.0714. The number of rotatable bonds is 4. The summed E-state index contributed by atoms with van der Waals surface area (Å²) >= 11 is 3.09. The Kier molecular flexibility index (Phi) is 4.71. The number of hydrogen-bond acceptors (Lipinski definition) is 3. The number of carboxylic acid groups (broad SMARTS) is 1. The summed E-state index contributed by atoms with van der Waals surface area (Å²) in [5.41, 5.74) is -1.28. The van der Waals surface area contributed by atoms with E-state index in [1.54, 1.807) is 6.07 Å². The Balaban J connectivity index is 2.18. The SMILES string of the molecule is O=C(Cn1cccc(C(=O)O)c1=O)Nc1ccc(Br)cc1F. The number of nitrogens with one attached hydrogen (secondary N) is 1. The Morgan fingerprint density at radius 2 is 2.05 bits per heavy atom. The second-order valence-corrected chi connectivity index (χ2v) is 5.25. The summed E-state index contributed by atoms with van der Waals surface area (Å²) in [6.45, 7) is -0.421. The van der Waals surface area contributed by atoms with E-state index in [-0.39, 0.29) is 5.69 Å². The number of aromatic carboxylic acids is 1. The van der Waals surface area contributed by atoms with Gasteiger partial charge < -0.3 is 15.0 Å². The van der Waals surface area contributed by atoms with Crippen LogP contribution in [0.1, 0.15) is 10.4 Å². The minimum absolute atomic E-state index is 0.0318. The number of halogens is 2. The van der Waals surface area contributed by atoms with Crippen LogP contribution >= 0.6 is 15.9 Å². The van der Waals surface area contributed by atoms with Gasteiger partial charge in [0.1, 0.15) is 17.9 Å². The molecule has 1 aromatic heterocycles. The molecule has 0 aliphatic rings. The lowest BCUT2D eigenvalue weighted by Gasteiger charge is -2.09. The van der Waals surface area contributed by atoms with Crippen LogP contribution in [0.25, 0.3) is 0 Å². The zero-order valence-corrected chi connectivity index (χ0v) is 12.6. The van der Waals surface area contributed by atoms with Crippen molar-refractivity contribution in [3.63, 3.8) is 0 Å². The largest absolute Gasteiger partial charge is 0.477 e. The lowest BCUT2D eigenvalue weighted by Crippen LogP contribution is -2.30. The molecule has 114 valence electrons. The van der Waals surface area contributed by atoms with Gasteiger partial charge >= 0.3 is 5.97 Å². The number of carbonyl (C=O) groups is 2. The van der Waals surface area contributed by atoms with Gasteiger partial charge in [0.15, 0.2) is 0 Å². The normalized spacial score (nSPS) is 10.3. The van der Waals surface area contributed by atoms with E-state index in [1.807, 2.05) is 0 Å². The van der Waals surface area contributed by atoms with E-state index < -0.39 is 35.4 Å². The summed E-state index contributed by atoms with van der Waals surface area (Å²) in [4.78, 5) is 34.5. The molecule has 2 rings (SSSR count). The Labute approximate surface area is 132 Å². The van der Waals surface area contributed by atoms with Crippen LogP contribution in [0.2, 0.25) is 0 Å². The molecule has 22 heavy (non-hydrogen) atoms. The Bertz CT molecular complexity index is 804. The molecule has 0 atom stereocenters. The zero-order chi connectivity index (χ0) is 16.3. The number of hydrogen-bond donors (Lipinski definition) is 2. The number of carbonyl (C=O) groups excluding carboxylic acids is 1. The first-order valence-corrected chi connectivity index (χ1v) is 6.85. The lowest BCUT2D eigenvalue weighted by atomic mass is 10.2. The van der Waals surface area contributed by atoms with Gasteiger partial charge in [-0.05, 0) is 30.3 Å². The topological polar surface area (TPSA) is 88.4 Å². The molecular formula is C14H10BrFN2O4. The van der Waals surface area contributed by atoms with Crippen molar-refractivity contribution < 1.29 is 19.1 Å². The van der Waals surface area contributed by atoms with Gasteiger partial charge in [-0.25, -0.2) is 9.18 Å². The average molecular weight is 369 g/mol. The second-order valence-electron chi connectivity index (χ2n) is 4.33. The number of pyridine rings is 1. The van der Waals surface area contributed by atoms with E-state index in [0.29, 0.717) is 4.47 Å². The van der Waals surface area contributed by atoms with Crippen molar-refractivity contribution in [1.82, 2.24) is 4.57 Å². The highest BCUT2D eigenvalue weighted by Gasteiger charge is 2.13. The monoisotopic (exact) mass is 368 g/mol. The summed E-state index contributed by atoms with van der Waals surface area (Å²) in [5, 5.41) is 11.2. The van der Waals surface area contributed by atoms with E-state index in [1.165, 1.54) is 24.4 Å². The maximum absolute atomic E-state index is 13.6. The molecule has 0 saturated carbocycles. The first kappa shape index (κ1) is 15.9. The molecule has 6 nitrogen and oxygen atoms in total. The number of amides is 1. The van der Waals surface area contributed by atoms with Crippen LogP contribution in [0.3, 0.4) is 0 Å². The summed E-state index contributed by atoms with van der Waals surface area (Å²) in [6, 6.07) is 6.60. The van der Waals surface area contributed by atoms with Gasteiger partial charge in [0, 0.05) is 10.7 Å². The smallest absolute Gasteiger partial charge is 0.341 e. The third kappa shape index (κ3) is 3.59. The maximum atomic E-state index is 13.6. The van der Waals surface area contributed by atoms with Gasteiger partial charge in [0.2, 0.25) is 5.91 Å². The summed E-state index contributed by atoms with van der Waals surface area (Å²) in [6.07, 6.45) is 1.28. The molecule has 0 fully saturated rings. The van der Waals surface area contributed by atoms with Crippen LogP contribution in [-0.2, 0) is 11.3 Å². The Morgan fingerprint density at radius 1 is 1.32 bits per heavy atom. The molecule has 0 unspecified atom stereocenters. The Hall–Kier alpha value is -2.48. The van der Waals surface area contributed by atoms with Crippen LogP contribution in [0.5, 0.6) is 0 Å². The lowest BCUT2D eigenvalue weighted by molar-refractivity contribution is -0.116. The number of aromatic nitrogens is 1. The third-order valence-electron chi connectivity index (χ3n) is 2.77. The third-order valence-corrected chi connectivity index (χ3v) is 3.26. The number of benzene rings is 1. The first-order chi connectivity index (χ1) is 10.4. The van der Waals surface area contributed by atoms with Gasteiger partial charge in [0.05, 0.1) is 5.69 Å². The molecule has 0 aliphatic heterocycles. The molecule has 1 aromatic carbocycles. The highest BCUT2D eigenvalue weighted by atomic mass is 79.9. The van der Waals surface area contributed by atoms with E-state index in [9.17, 15) is 18.8 Å². The molecule has 8 heteroatoms. The van der Waals surface area contributed by atoms with Crippen molar-refractivity contribution in [2.75, 3.05) is 5.32 Å². The first-order valence-electron chi connectivity index (χ1n) is 6.06. The van der Waals surface area contributed by atoms with E-state index in [2.05, 4.69) is 21.2 Å². The highest BCUT2D eigenvalue weighted by molar-refractivity contribution is 9.10. The summed E-state index contributed by atoms with van der Waals surface area (Å²) in [7, 11) is 0. The van der Waals surface area contributed by atoms with Gasteiger partial charge in [-0.1, -0.05) is 15.9 Å². The molecule has 0 radical (unpaired) electrons. The average Bonchev–Trinajstić information content (AvgIpc) is 2.44. The van der Waals surface area contributed by atoms with Crippen molar-refractivity contribution in [3.05, 3.63) is 62.7 Å². The van der Waals surface area contributed by atoms with E-state index in [0.717, 1.165) is 10.6 Å². The molecule has 0 saturated heterocycles. The highest BCUT2D eigenvalue weighted by Crippen LogP contribution is 2.19. The van der Waals surface area contributed by atoms with Gasteiger partial charge in [-0.3, -0.25) is 9.59 Å². The minimum atomic E-state index is -1.38. The van der Waals surface area contributed by atoms with Crippen LogP contribution in [0, 0.1) is 5.82 Å². The molecule has 1 heterocycles. The zero-order valence-electron chi connectivity index (χ0n) is 11.0. The van der Waals surface area contributed by atoms with Crippen molar-refractivity contribution in [2.45, 2.75) is 6.54 Å². The van der Waals surface area contributed by atoms with Crippen LogP contribution in [0.4, 0.5) is 10.1 Å². The number of nitrogens with zero attached hydrogens (tertiary/aromatic N) is 1. The van der Waals surface area contributed by atoms with E-state index >= 15 is 0 Å². The molecule has 0 bridgehead atoms. The molecule has 0 aliphatic carbocycles. The van der Waals surface area contributed by atoms with Crippen molar-refractivity contribution in [3.8, 4) is 0 Å². The number of anilines is 1. The van der Waals surface area contributed by atoms with Crippen molar-refractivity contribution in [1.29, 1.82) is 0 Å². The fourth-order valence-corrected chi connectivity index (χ4v) is 2.09. The predicted octanol–water partition coefficient (Wildman–Crippen LogP) is 2.09. The molecule has 0 spiro atoms. The van der Waals surface area contributed by atoms with Gasteiger partial charge in [0.25, 0.3) is 5.56 Å². The standard InChI is InChI=1S/C14H10BrFN2O4/c15-8-3-4-11(10(16)6-8)17-12(19)7-18-5-1-2-9(13(18)20)14(21)22/h1-6H,7H2,(H,17,19)(H,21,22). The van der Waals surface area contributed by atoms with E-state index in [4.69, 9.17) is 5.11 Å². The quantitative estimate of drug-likeness (QED) is 0.864. The molecule has 2 aromatic rings. The maximum Gasteiger partial charge on any atom is 0.341 e. The van der Waals surface area contributed by atoms with Gasteiger partial charge in [-0.2, -0.15) is 0 Å². The summed E-state index contributed by atoms with van der Waals surface area (Å²) in [5.74, 6) is -2.65. The second kappa shape index (κ2) is 6.52. The predicted molar refractivity (Wildman–Crippen MR) is 80.4 cm³/mol. The summed E-state index contributed by atoms with van der Waals surface area (Å²) < 4.78 is 15.1. The van der Waals surface area contributed by atoms with Crippen LogP contribution in [-0.4, -0.2) is 21.6 Å². The molecule has 2 N–H and O–H groups in total. The fourth-order valence-electron chi connectivity index (χ4n) is 1.76. The molecular weight excluding hydrogens is 359 g/mol. The van der Waals surface area contributed by atoms with Crippen LogP contribution in [0.15, 0.2) is 45.8 Å². The molecule has 1 amide bonds. The minimum Gasteiger partial charge on any atom is -0.477 e. The Morgan fingerprint density at radius 3 is 2.68 bits per heavy atom.